The number of ether oxygens (including phenoxy) is 1. The summed E-state index contributed by atoms with van der Waals surface area (Å²) in [5.74, 6) is -0.389. The molecule has 2 amide bonds. The Balaban J connectivity index is 1.36. The fraction of sp³-hybridized carbons (Fsp3) is 0.250. The number of carbonyl (C=O) groups is 2. The number of halogens is 1. The largest absolute Gasteiger partial charge is 0.490 e. The molecule has 0 saturated carbocycles. The zero-order chi connectivity index (χ0) is 23.4. The van der Waals surface area contributed by atoms with E-state index in [0.29, 0.717) is 12.2 Å². The fourth-order valence-electron chi connectivity index (χ4n) is 3.48. The first-order valence-electron chi connectivity index (χ1n) is 10.5. The van der Waals surface area contributed by atoms with Crippen molar-refractivity contribution in [3.8, 4) is 5.75 Å². The van der Waals surface area contributed by atoms with Crippen molar-refractivity contribution in [2.45, 2.75) is 20.0 Å². The number of likely N-dealkylation sites (N-methyl/N-ethyl adjacent to an activating group) is 1. The number of nitrogens with zero attached hydrogens (tertiary/aromatic N) is 3. The molecule has 2 aromatic carbocycles. The molecule has 33 heavy (non-hydrogen) atoms. The van der Waals surface area contributed by atoms with Gasteiger partial charge in [-0.3, -0.25) is 9.59 Å². The second kappa shape index (κ2) is 9.64. The molecule has 1 aliphatic rings. The van der Waals surface area contributed by atoms with Gasteiger partial charge >= 0.3 is 0 Å². The third-order valence-corrected chi connectivity index (χ3v) is 5.38. The van der Waals surface area contributed by atoms with Crippen LogP contribution in [0.3, 0.4) is 0 Å². The summed E-state index contributed by atoms with van der Waals surface area (Å²) in [6.07, 6.45) is 1.18. The number of rotatable bonds is 6. The van der Waals surface area contributed by atoms with Crippen LogP contribution in [0.15, 0.2) is 48.8 Å². The molecule has 8 nitrogen and oxygen atoms in total. The molecule has 0 fully saturated rings. The van der Waals surface area contributed by atoms with E-state index in [9.17, 15) is 14.0 Å². The lowest BCUT2D eigenvalue weighted by Gasteiger charge is -2.28. The minimum atomic E-state index is -0.454. The van der Waals surface area contributed by atoms with Crippen LogP contribution in [0.5, 0.6) is 5.75 Å². The zero-order valence-electron chi connectivity index (χ0n) is 18.4. The zero-order valence-corrected chi connectivity index (χ0v) is 18.4. The van der Waals surface area contributed by atoms with Gasteiger partial charge in [0.05, 0.1) is 12.2 Å². The Morgan fingerprint density at radius 1 is 1.00 bits per heavy atom. The SMILES string of the molecule is Cc1cc(CNC(=O)c2cc(C(=O)NCc3ccc4c(c3)OCCN4C)ncn2)ccc1F. The molecule has 0 bridgehead atoms. The smallest absolute Gasteiger partial charge is 0.270 e. The van der Waals surface area contributed by atoms with Crippen molar-refractivity contribution < 1.29 is 18.7 Å². The molecule has 1 aliphatic heterocycles. The number of hydrogen-bond acceptors (Lipinski definition) is 6. The lowest BCUT2D eigenvalue weighted by atomic mass is 10.1. The van der Waals surface area contributed by atoms with E-state index in [0.717, 1.165) is 29.1 Å². The first-order chi connectivity index (χ1) is 15.9. The quantitative estimate of drug-likeness (QED) is 0.601. The van der Waals surface area contributed by atoms with Gasteiger partial charge in [-0.15, -0.1) is 0 Å². The van der Waals surface area contributed by atoms with Gasteiger partial charge in [0.1, 0.15) is 35.9 Å². The average Bonchev–Trinajstić information content (AvgIpc) is 2.83. The molecule has 0 atom stereocenters. The Morgan fingerprint density at radius 2 is 1.64 bits per heavy atom. The summed E-state index contributed by atoms with van der Waals surface area (Å²) in [5.41, 5.74) is 3.31. The van der Waals surface area contributed by atoms with Gasteiger partial charge < -0.3 is 20.3 Å². The Bertz CT molecular complexity index is 1200. The first-order valence-corrected chi connectivity index (χ1v) is 10.5. The molecule has 2 heterocycles. The molecule has 0 unspecified atom stereocenters. The molecule has 2 N–H and O–H groups in total. The Labute approximate surface area is 190 Å². The van der Waals surface area contributed by atoms with Crippen LogP contribution >= 0.6 is 0 Å². The normalized spacial score (nSPS) is 12.5. The monoisotopic (exact) mass is 449 g/mol. The number of fused-ring (bicyclic) bond motifs is 1. The van der Waals surface area contributed by atoms with Gasteiger partial charge in [0.25, 0.3) is 11.8 Å². The molecule has 1 aromatic heterocycles. The van der Waals surface area contributed by atoms with Crippen LogP contribution < -0.4 is 20.3 Å². The average molecular weight is 449 g/mol. The van der Waals surface area contributed by atoms with E-state index < -0.39 is 11.8 Å². The van der Waals surface area contributed by atoms with Gasteiger partial charge in [-0.2, -0.15) is 0 Å². The highest BCUT2D eigenvalue weighted by Crippen LogP contribution is 2.31. The number of aryl methyl sites for hydroxylation is 1. The first kappa shape index (κ1) is 22.2. The molecule has 170 valence electrons. The molecule has 0 radical (unpaired) electrons. The third-order valence-electron chi connectivity index (χ3n) is 5.38. The van der Waals surface area contributed by atoms with Crippen molar-refractivity contribution in [1.82, 2.24) is 20.6 Å². The Kier molecular flexibility index (Phi) is 6.48. The van der Waals surface area contributed by atoms with E-state index in [4.69, 9.17) is 4.74 Å². The number of hydrogen-bond donors (Lipinski definition) is 2. The summed E-state index contributed by atoms with van der Waals surface area (Å²) in [6, 6.07) is 11.8. The van der Waals surface area contributed by atoms with Crippen LogP contribution in [0.4, 0.5) is 10.1 Å². The third kappa shape index (κ3) is 5.25. The predicted octanol–water partition coefficient (Wildman–Crippen LogP) is 2.61. The Morgan fingerprint density at radius 3 is 2.30 bits per heavy atom. The maximum Gasteiger partial charge on any atom is 0.270 e. The number of anilines is 1. The fourth-order valence-corrected chi connectivity index (χ4v) is 3.48. The highest BCUT2D eigenvalue weighted by Gasteiger charge is 2.16. The summed E-state index contributed by atoms with van der Waals surface area (Å²) in [4.78, 5) is 35.1. The van der Waals surface area contributed by atoms with E-state index in [1.807, 2.05) is 25.2 Å². The standard InChI is InChI=1S/C24H24FN5O3/c1-15-9-16(3-5-18(15)25)12-26-23(31)19-11-20(29-14-28-19)24(32)27-13-17-4-6-21-22(10-17)33-8-7-30(21)2/h3-6,9-11,14H,7-8,12-13H2,1-2H3,(H,26,31)(H,27,32). The Hall–Kier alpha value is -4.01. The van der Waals surface area contributed by atoms with Crippen LogP contribution in [-0.4, -0.2) is 42.0 Å². The van der Waals surface area contributed by atoms with Gasteiger partial charge in [0, 0.05) is 26.2 Å². The van der Waals surface area contributed by atoms with Crippen molar-refractivity contribution in [2.75, 3.05) is 25.1 Å². The van der Waals surface area contributed by atoms with Gasteiger partial charge in [-0.1, -0.05) is 18.2 Å². The summed E-state index contributed by atoms with van der Waals surface area (Å²) in [5, 5.41) is 5.52. The van der Waals surface area contributed by atoms with Crippen LogP contribution in [0, 0.1) is 12.7 Å². The molecule has 0 saturated heterocycles. The number of amides is 2. The van der Waals surface area contributed by atoms with E-state index in [2.05, 4.69) is 25.5 Å². The van der Waals surface area contributed by atoms with Crippen LogP contribution in [-0.2, 0) is 13.1 Å². The summed E-state index contributed by atoms with van der Waals surface area (Å²) in [6.45, 7) is 3.60. The summed E-state index contributed by atoms with van der Waals surface area (Å²) in [7, 11) is 2.01. The lowest BCUT2D eigenvalue weighted by molar-refractivity contribution is 0.0944. The van der Waals surface area contributed by atoms with Gasteiger partial charge in [-0.05, 0) is 41.8 Å². The molecule has 9 heteroatoms. The molecular formula is C24H24FN5O3. The number of benzene rings is 2. The minimum absolute atomic E-state index is 0.0687. The van der Waals surface area contributed by atoms with Crippen LogP contribution in [0.2, 0.25) is 0 Å². The van der Waals surface area contributed by atoms with Crippen molar-refractivity contribution in [1.29, 1.82) is 0 Å². The highest BCUT2D eigenvalue weighted by molar-refractivity contribution is 5.97. The lowest BCUT2D eigenvalue weighted by Crippen LogP contribution is -2.29. The second-order valence-electron chi connectivity index (χ2n) is 7.81. The van der Waals surface area contributed by atoms with Crippen molar-refractivity contribution in [2.24, 2.45) is 0 Å². The predicted molar refractivity (Wildman–Crippen MR) is 121 cm³/mol. The number of nitrogens with one attached hydrogen (secondary N) is 2. The van der Waals surface area contributed by atoms with Crippen LogP contribution in [0.1, 0.15) is 37.7 Å². The van der Waals surface area contributed by atoms with Gasteiger partial charge in [0.2, 0.25) is 0 Å². The molecule has 4 rings (SSSR count). The van der Waals surface area contributed by atoms with Crippen molar-refractivity contribution in [3.05, 3.63) is 82.7 Å². The van der Waals surface area contributed by atoms with E-state index in [1.54, 1.807) is 19.1 Å². The molecule has 3 aromatic rings. The van der Waals surface area contributed by atoms with Crippen LogP contribution in [0.25, 0.3) is 0 Å². The molecule has 0 aliphatic carbocycles. The van der Waals surface area contributed by atoms with E-state index >= 15 is 0 Å². The minimum Gasteiger partial charge on any atom is -0.490 e. The molecular weight excluding hydrogens is 425 g/mol. The number of carbonyl (C=O) groups excluding carboxylic acids is 2. The second-order valence-corrected chi connectivity index (χ2v) is 7.81. The van der Waals surface area contributed by atoms with E-state index in [1.165, 1.54) is 18.5 Å². The van der Waals surface area contributed by atoms with Gasteiger partial charge in [0.15, 0.2) is 0 Å². The van der Waals surface area contributed by atoms with Gasteiger partial charge in [-0.25, -0.2) is 14.4 Å². The maximum absolute atomic E-state index is 13.4. The topological polar surface area (TPSA) is 96.5 Å². The van der Waals surface area contributed by atoms with E-state index in [-0.39, 0.29) is 30.3 Å². The summed E-state index contributed by atoms with van der Waals surface area (Å²) >= 11 is 0. The maximum atomic E-state index is 13.4. The number of aromatic nitrogens is 2. The molecule has 0 spiro atoms. The van der Waals surface area contributed by atoms with Crippen molar-refractivity contribution in [3.63, 3.8) is 0 Å². The summed E-state index contributed by atoms with van der Waals surface area (Å²) < 4.78 is 19.1. The highest BCUT2D eigenvalue weighted by atomic mass is 19.1. The van der Waals surface area contributed by atoms with Crippen molar-refractivity contribution >= 4 is 17.5 Å².